The molecule has 0 radical (unpaired) electrons. The van der Waals surface area contributed by atoms with Gasteiger partial charge in [-0.3, -0.25) is 0 Å². The molecular formula is C15H25N5S. The Bertz CT molecular complexity index is 455. The van der Waals surface area contributed by atoms with Crippen LogP contribution >= 0.6 is 11.8 Å². The summed E-state index contributed by atoms with van der Waals surface area (Å²) in [5, 5.41) is 4.65. The Morgan fingerprint density at radius 1 is 0.952 bits per heavy atom. The van der Waals surface area contributed by atoms with Crippen molar-refractivity contribution in [2.45, 2.75) is 61.8 Å². The lowest BCUT2D eigenvalue weighted by molar-refractivity contribution is 0.515. The highest BCUT2D eigenvalue weighted by atomic mass is 32.2. The number of aromatic nitrogens is 3. The number of hydrogen-bond acceptors (Lipinski definition) is 6. The summed E-state index contributed by atoms with van der Waals surface area (Å²) in [6.07, 6.45) is 10.5. The molecule has 1 N–H and O–H groups in total. The van der Waals surface area contributed by atoms with E-state index in [0.717, 1.165) is 24.2 Å². The van der Waals surface area contributed by atoms with Gasteiger partial charge in [0.1, 0.15) is 0 Å². The molecule has 3 rings (SSSR count). The van der Waals surface area contributed by atoms with E-state index in [4.69, 9.17) is 4.98 Å². The number of anilines is 2. The monoisotopic (exact) mass is 307 g/mol. The standard InChI is InChI=1S/C15H25N5S/c1-16-13-17-14(20-10-6-3-7-11-20)19-15(18-13)21-12-8-4-2-5-9-12/h12H,2-11H2,1H3,(H,16,17,18,19). The van der Waals surface area contributed by atoms with E-state index in [2.05, 4.69) is 20.2 Å². The van der Waals surface area contributed by atoms with Crippen LogP contribution in [0, 0.1) is 0 Å². The van der Waals surface area contributed by atoms with Crippen molar-refractivity contribution in [3.05, 3.63) is 0 Å². The fourth-order valence-corrected chi connectivity index (χ4v) is 4.22. The molecule has 2 aliphatic rings. The van der Waals surface area contributed by atoms with Crippen molar-refractivity contribution in [3.63, 3.8) is 0 Å². The molecular weight excluding hydrogens is 282 g/mol. The summed E-state index contributed by atoms with van der Waals surface area (Å²) in [6.45, 7) is 2.14. The zero-order valence-electron chi connectivity index (χ0n) is 12.8. The highest BCUT2D eigenvalue weighted by Gasteiger charge is 2.19. The molecule has 2 fully saturated rings. The van der Waals surface area contributed by atoms with E-state index in [9.17, 15) is 0 Å². The minimum atomic E-state index is 0.681. The predicted octanol–water partition coefficient (Wildman–Crippen LogP) is 3.33. The van der Waals surface area contributed by atoms with Gasteiger partial charge < -0.3 is 10.2 Å². The second-order valence-corrected chi connectivity index (χ2v) is 7.18. The summed E-state index contributed by atoms with van der Waals surface area (Å²) < 4.78 is 0. The first-order valence-electron chi connectivity index (χ1n) is 8.20. The van der Waals surface area contributed by atoms with Crippen LogP contribution in [0.15, 0.2) is 5.16 Å². The highest BCUT2D eigenvalue weighted by Crippen LogP contribution is 2.32. The van der Waals surface area contributed by atoms with E-state index in [0.29, 0.717) is 11.2 Å². The Kier molecular flexibility index (Phi) is 5.17. The van der Waals surface area contributed by atoms with Crippen LogP contribution in [-0.4, -0.2) is 40.3 Å². The molecule has 1 aliphatic carbocycles. The minimum absolute atomic E-state index is 0.681. The zero-order chi connectivity index (χ0) is 14.5. The van der Waals surface area contributed by atoms with Gasteiger partial charge >= 0.3 is 0 Å². The predicted molar refractivity (Wildman–Crippen MR) is 88.2 cm³/mol. The van der Waals surface area contributed by atoms with Crippen LogP contribution in [0.2, 0.25) is 0 Å². The molecule has 1 aromatic rings. The number of hydrogen-bond donors (Lipinski definition) is 1. The van der Waals surface area contributed by atoms with Crippen LogP contribution in [0.1, 0.15) is 51.4 Å². The second kappa shape index (κ2) is 7.29. The second-order valence-electron chi connectivity index (χ2n) is 5.92. The molecule has 116 valence electrons. The summed E-state index contributed by atoms with van der Waals surface area (Å²) >= 11 is 1.84. The molecule has 5 nitrogen and oxygen atoms in total. The van der Waals surface area contributed by atoms with E-state index in [1.54, 1.807) is 0 Å². The first-order valence-corrected chi connectivity index (χ1v) is 9.08. The van der Waals surface area contributed by atoms with Gasteiger partial charge in [-0.1, -0.05) is 31.0 Å². The van der Waals surface area contributed by atoms with Gasteiger partial charge in [-0.25, -0.2) is 0 Å². The fraction of sp³-hybridized carbons (Fsp3) is 0.800. The topological polar surface area (TPSA) is 53.9 Å². The van der Waals surface area contributed by atoms with E-state index in [1.165, 1.54) is 51.4 Å². The van der Waals surface area contributed by atoms with Crippen LogP contribution in [0.4, 0.5) is 11.9 Å². The summed E-state index contributed by atoms with van der Waals surface area (Å²) in [6, 6.07) is 0. The quantitative estimate of drug-likeness (QED) is 0.921. The lowest BCUT2D eigenvalue weighted by Crippen LogP contribution is -2.31. The van der Waals surface area contributed by atoms with E-state index in [1.807, 2.05) is 18.8 Å². The molecule has 0 unspecified atom stereocenters. The van der Waals surface area contributed by atoms with Crippen molar-refractivity contribution in [1.29, 1.82) is 0 Å². The van der Waals surface area contributed by atoms with Gasteiger partial charge in [-0.05, 0) is 32.1 Å². The molecule has 0 bridgehead atoms. The molecule has 21 heavy (non-hydrogen) atoms. The normalized spacial score (nSPS) is 20.5. The summed E-state index contributed by atoms with van der Waals surface area (Å²) in [5.41, 5.74) is 0. The van der Waals surface area contributed by atoms with E-state index in [-0.39, 0.29) is 0 Å². The average Bonchev–Trinajstić information content (AvgIpc) is 2.56. The molecule has 1 aliphatic heterocycles. The number of nitrogens with zero attached hydrogens (tertiary/aromatic N) is 4. The van der Waals surface area contributed by atoms with Crippen molar-refractivity contribution in [2.24, 2.45) is 0 Å². The van der Waals surface area contributed by atoms with Crippen LogP contribution in [0.3, 0.4) is 0 Å². The van der Waals surface area contributed by atoms with Gasteiger partial charge in [-0.15, -0.1) is 0 Å². The Morgan fingerprint density at radius 2 is 1.67 bits per heavy atom. The van der Waals surface area contributed by atoms with E-state index < -0.39 is 0 Å². The third-order valence-electron chi connectivity index (χ3n) is 4.29. The molecule has 6 heteroatoms. The third kappa shape index (κ3) is 3.99. The number of rotatable bonds is 4. The first-order chi connectivity index (χ1) is 10.3. The van der Waals surface area contributed by atoms with Crippen molar-refractivity contribution < 1.29 is 0 Å². The van der Waals surface area contributed by atoms with Gasteiger partial charge in [-0.2, -0.15) is 15.0 Å². The molecule has 0 atom stereocenters. The lowest BCUT2D eigenvalue weighted by Gasteiger charge is -2.27. The minimum Gasteiger partial charge on any atom is -0.357 e. The van der Waals surface area contributed by atoms with Gasteiger partial charge in [0.2, 0.25) is 11.9 Å². The van der Waals surface area contributed by atoms with Gasteiger partial charge in [0.05, 0.1) is 0 Å². The van der Waals surface area contributed by atoms with Gasteiger partial charge in [0, 0.05) is 25.4 Å². The number of thioether (sulfide) groups is 1. The highest BCUT2D eigenvalue weighted by molar-refractivity contribution is 7.99. The van der Waals surface area contributed by atoms with Gasteiger partial charge in [0.15, 0.2) is 5.16 Å². The Hall–Kier alpha value is -1.04. The molecule has 0 aromatic carbocycles. The van der Waals surface area contributed by atoms with Crippen molar-refractivity contribution in [1.82, 2.24) is 15.0 Å². The van der Waals surface area contributed by atoms with Crippen LogP contribution in [0.25, 0.3) is 0 Å². The maximum atomic E-state index is 4.73. The maximum absolute atomic E-state index is 4.73. The zero-order valence-corrected chi connectivity index (χ0v) is 13.7. The largest absolute Gasteiger partial charge is 0.357 e. The molecule has 1 saturated heterocycles. The summed E-state index contributed by atoms with van der Waals surface area (Å²) in [4.78, 5) is 16.1. The number of nitrogens with one attached hydrogen (secondary N) is 1. The molecule has 1 saturated carbocycles. The first kappa shape index (κ1) is 14.9. The van der Waals surface area contributed by atoms with Gasteiger partial charge in [0.25, 0.3) is 0 Å². The average molecular weight is 307 g/mol. The van der Waals surface area contributed by atoms with Crippen molar-refractivity contribution >= 4 is 23.7 Å². The summed E-state index contributed by atoms with van der Waals surface area (Å²) in [5.74, 6) is 1.55. The van der Waals surface area contributed by atoms with Crippen LogP contribution < -0.4 is 10.2 Å². The fourth-order valence-electron chi connectivity index (χ4n) is 3.08. The SMILES string of the molecule is CNc1nc(SC2CCCCC2)nc(N2CCCCC2)n1. The molecule has 1 aromatic heterocycles. The van der Waals surface area contributed by atoms with Crippen molar-refractivity contribution in [3.8, 4) is 0 Å². The Labute approximate surface area is 131 Å². The van der Waals surface area contributed by atoms with Crippen LogP contribution in [0.5, 0.6) is 0 Å². The van der Waals surface area contributed by atoms with Crippen molar-refractivity contribution in [2.75, 3.05) is 30.4 Å². The molecule has 0 spiro atoms. The Morgan fingerprint density at radius 3 is 2.38 bits per heavy atom. The summed E-state index contributed by atoms with van der Waals surface area (Å²) in [7, 11) is 1.88. The van der Waals surface area contributed by atoms with Crippen LogP contribution in [-0.2, 0) is 0 Å². The maximum Gasteiger partial charge on any atom is 0.231 e. The Balaban J connectivity index is 1.75. The lowest BCUT2D eigenvalue weighted by atomic mass is 10.0. The third-order valence-corrected chi connectivity index (χ3v) is 5.49. The molecule has 0 amide bonds. The smallest absolute Gasteiger partial charge is 0.231 e. The molecule has 2 heterocycles. The van der Waals surface area contributed by atoms with E-state index >= 15 is 0 Å². The number of piperidine rings is 1.